The van der Waals surface area contributed by atoms with Gasteiger partial charge in [0.05, 0.1) is 25.8 Å². The number of halogens is 1. The number of aliphatic hydroxyl groups is 1. The van der Waals surface area contributed by atoms with Gasteiger partial charge in [0.25, 0.3) is 11.7 Å². The topological polar surface area (TPSA) is 89.0 Å². The van der Waals surface area contributed by atoms with Crippen LogP contribution in [0.2, 0.25) is 0 Å². The van der Waals surface area contributed by atoms with Gasteiger partial charge in [-0.3, -0.25) is 14.6 Å². The van der Waals surface area contributed by atoms with E-state index >= 15 is 0 Å². The van der Waals surface area contributed by atoms with Gasteiger partial charge in [0.1, 0.15) is 5.76 Å². The third-order valence-corrected chi connectivity index (χ3v) is 5.93. The van der Waals surface area contributed by atoms with Gasteiger partial charge in [-0.15, -0.1) is 0 Å². The van der Waals surface area contributed by atoms with Gasteiger partial charge in [0.15, 0.2) is 11.5 Å². The van der Waals surface area contributed by atoms with Gasteiger partial charge < -0.3 is 19.5 Å². The quantitative estimate of drug-likeness (QED) is 0.300. The zero-order chi connectivity index (χ0) is 23.5. The van der Waals surface area contributed by atoms with Crippen molar-refractivity contribution in [3.05, 3.63) is 93.7 Å². The van der Waals surface area contributed by atoms with Crippen molar-refractivity contribution in [1.29, 1.82) is 0 Å². The van der Waals surface area contributed by atoms with E-state index in [9.17, 15) is 14.7 Å². The monoisotopic (exact) mass is 508 g/mol. The fourth-order valence-corrected chi connectivity index (χ4v) is 4.31. The van der Waals surface area contributed by atoms with Crippen molar-refractivity contribution in [2.45, 2.75) is 12.6 Å². The molecule has 8 heteroatoms. The van der Waals surface area contributed by atoms with Crippen LogP contribution in [0.1, 0.15) is 22.7 Å². The number of ketones is 1. The maximum atomic E-state index is 13.2. The Morgan fingerprint density at radius 1 is 1.06 bits per heavy atom. The first kappa shape index (κ1) is 22.5. The lowest BCUT2D eigenvalue weighted by Gasteiger charge is -2.25. The summed E-state index contributed by atoms with van der Waals surface area (Å²) in [4.78, 5) is 31.8. The van der Waals surface area contributed by atoms with Crippen molar-refractivity contribution >= 4 is 33.4 Å². The molecule has 1 N–H and O–H groups in total. The Labute approximate surface area is 199 Å². The van der Waals surface area contributed by atoms with E-state index in [1.54, 1.807) is 36.7 Å². The molecule has 1 saturated heterocycles. The van der Waals surface area contributed by atoms with Crippen LogP contribution in [0.25, 0.3) is 5.76 Å². The first-order chi connectivity index (χ1) is 15.9. The molecular weight excluding hydrogens is 488 g/mol. The number of Topliss-reactive ketones (excluding diaryl/α,β-unsaturated/α-hetero) is 1. The summed E-state index contributed by atoms with van der Waals surface area (Å²) in [5.74, 6) is -0.852. The second-order valence-corrected chi connectivity index (χ2v) is 8.33. The number of carbonyl (C=O) groups excluding carboxylic acids is 2. The third-order valence-electron chi connectivity index (χ3n) is 5.44. The molecule has 33 heavy (non-hydrogen) atoms. The number of aromatic nitrogens is 1. The minimum Gasteiger partial charge on any atom is -0.507 e. The molecule has 0 radical (unpaired) electrons. The van der Waals surface area contributed by atoms with Crippen LogP contribution >= 0.6 is 15.9 Å². The number of rotatable bonds is 6. The van der Waals surface area contributed by atoms with Gasteiger partial charge in [0, 0.05) is 29.0 Å². The minimum absolute atomic E-state index is 0.00853. The summed E-state index contributed by atoms with van der Waals surface area (Å²) >= 11 is 3.46. The Bertz CT molecular complexity index is 1240. The smallest absolute Gasteiger partial charge is 0.295 e. The summed E-state index contributed by atoms with van der Waals surface area (Å²) in [6, 6.07) is 15.0. The first-order valence-electron chi connectivity index (χ1n) is 10.1. The summed E-state index contributed by atoms with van der Waals surface area (Å²) in [5.41, 5.74) is 1.81. The average Bonchev–Trinajstić information content (AvgIpc) is 3.08. The van der Waals surface area contributed by atoms with Crippen LogP contribution in [0.3, 0.4) is 0 Å². The van der Waals surface area contributed by atoms with Gasteiger partial charge in [-0.25, -0.2) is 0 Å². The molecule has 0 unspecified atom stereocenters. The Morgan fingerprint density at radius 3 is 2.52 bits per heavy atom. The van der Waals surface area contributed by atoms with Crippen molar-refractivity contribution < 1.29 is 24.2 Å². The Balaban J connectivity index is 1.88. The summed E-state index contributed by atoms with van der Waals surface area (Å²) in [6.45, 7) is 0.165. The molecule has 1 aliphatic heterocycles. The molecule has 0 bridgehead atoms. The number of pyridine rings is 1. The zero-order valence-electron chi connectivity index (χ0n) is 18.0. The fraction of sp³-hybridized carbons (Fsp3) is 0.160. The normalized spacial score (nSPS) is 17.3. The highest BCUT2D eigenvalue weighted by molar-refractivity contribution is 9.10. The van der Waals surface area contributed by atoms with E-state index in [1.165, 1.54) is 19.1 Å². The lowest BCUT2D eigenvalue weighted by Crippen LogP contribution is -2.29. The summed E-state index contributed by atoms with van der Waals surface area (Å²) in [7, 11) is 2.99. The zero-order valence-corrected chi connectivity index (χ0v) is 19.6. The maximum absolute atomic E-state index is 13.2. The minimum atomic E-state index is -0.782. The molecule has 0 aliphatic carbocycles. The van der Waals surface area contributed by atoms with Gasteiger partial charge in [-0.1, -0.05) is 34.1 Å². The standard InChI is InChI=1S/C25H21BrN2O5/c1-32-19-9-8-17(12-20(19)33-2)23(29)21-22(16-6-3-7-18(26)11-16)28(25(31)24(21)30)14-15-5-4-10-27-13-15/h3-13,22,29H,14H2,1-2H3/b23-21+/t22-/m1/s1. The number of hydrogen-bond acceptors (Lipinski definition) is 6. The molecule has 2 heterocycles. The fourth-order valence-electron chi connectivity index (χ4n) is 3.89. The number of nitrogens with zero attached hydrogens (tertiary/aromatic N) is 2. The molecule has 1 aliphatic rings. The van der Waals surface area contributed by atoms with Crippen LogP contribution in [0, 0.1) is 0 Å². The van der Waals surface area contributed by atoms with E-state index in [0.717, 1.165) is 10.0 Å². The SMILES string of the molecule is COc1ccc(/C(O)=C2\C(=O)C(=O)N(Cc3cccnc3)[C@@H]2c2cccc(Br)c2)cc1OC. The molecular formula is C25H21BrN2O5. The molecule has 3 aromatic rings. The summed E-state index contributed by atoms with van der Waals surface area (Å²) in [5, 5.41) is 11.2. The number of likely N-dealkylation sites (tertiary alicyclic amines) is 1. The highest BCUT2D eigenvalue weighted by atomic mass is 79.9. The van der Waals surface area contributed by atoms with Crippen molar-refractivity contribution in [2.75, 3.05) is 14.2 Å². The maximum Gasteiger partial charge on any atom is 0.295 e. The van der Waals surface area contributed by atoms with Gasteiger partial charge in [-0.2, -0.15) is 0 Å². The van der Waals surface area contributed by atoms with Gasteiger partial charge >= 0.3 is 0 Å². The number of hydrogen-bond donors (Lipinski definition) is 1. The summed E-state index contributed by atoms with van der Waals surface area (Å²) in [6.07, 6.45) is 3.28. The van der Waals surface area contributed by atoms with Gasteiger partial charge in [0.2, 0.25) is 0 Å². The van der Waals surface area contributed by atoms with Crippen LogP contribution in [0.5, 0.6) is 11.5 Å². The summed E-state index contributed by atoms with van der Waals surface area (Å²) < 4.78 is 11.4. The number of amides is 1. The van der Waals surface area contributed by atoms with Gasteiger partial charge in [-0.05, 0) is 47.5 Å². The second kappa shape index (κ2) is 9.46. The van der Waals surface area contributed by atoms with E-state index in [-0.39, 0.29) is 17.9 Å². The number of methoxy groups -OCH3 is 2. The highest BCUT2D eigenvalue weighted by Crippen LogP contribution is 2.41. The van der Waals surface area contributed by atoms with E-state index in [4.69, 9.17) is 9.47 Å². The van der Waals surface area contributed by atoms with E-state index in [2.05, 4.69) is 20.9 Å². The predicted octanol–water partition coefficient (Wildman–Crippen LogP) is 4.48. The number of benzene rings is 2. The van der Waals surface area contributed by atoms with Crippen molar-refractivity contribution in [3.8, 4) is 11.5 Å². The van der Waals surface area contributed by atoms with Crippen molar-refractivity contribution in [1.82, 2.24) is 9.88 Å². The molecule has 4 rings (SSSR count). The molecule has 0 saturated carbocycles. The van der Waals surface area contributed by atoms with Crippen LogP contribution < -0.4 is 9.47 Å². The Morgan fingerprint density at radius 2 is 1.85 bits per heavy atom. The second-order valence-electron chi connectivity index (χ2n) is 7.41. The Kier molecular flexibility index (Phi) is 6.46. The number of ether oxygens (including phenoxy) is 2. The van der Waals surface area contributed by atoms with Crippen LogP contribution in [0.15, 0.2) is 77.0 Å². The largest absolute Gasteiger partial charge is 0.507 e. The molecule has 2 aromatic carbocycles. The number of carbonyl (C=O) groups is 2. The molecule has 1 atom stereocenters. The first-order valence-corrected chi connectivity index (χ1v) is 10.9. The highest BCUT2D eigenvalue weighted by Gasteiger charge is 2.46. The van der Waals surface area contributed by atoms with Crippen LogP contribution in [-0.2, 0) is 16.1 Å². The molecule has 7 nitrogen and oxygen atoms in total. The molecule has 168 valence electrons. The lowest BCUT2D eigenvalue weighted by atomic mass is 9.95. The van der Waals surface area contributed by atoms with E-state index < -0.39 is 17.7 Å². The molecule has 0 spiro atoms. The molecule has 1 amide bonds. The van der Waals surface area contributed by atoms with Crippen LogP contribution in [0.4, 0.5) is 0 Å². The third kappa shape index (κ3) is 4.34. The predicted molar refractivity (Wildman–Crippen MR) is 126 cm³/mol. The Hall–Kier alpha value is -3.65. The van der Waals surface area contributed by atoms with E-state index in [1.807, 2.05) is 30.3 Å². The lowest BCUT2D eigenvalue weighted by molar-refractivity contribution is -0.140. The van der Waals surface area contributed by atoms with Crippen molar-refractivity contribution in [2.24, 2.45) is 0 Å². The average molecular weight is 509 g/mol. The molecule has 1 fully saturated rings. The molecule has 1 aromatic heterocycles. The van der Waals surface area contributed by atoms with Crippen LogP contribution in [-0.4, -0.2) is 40.9 Å². The number of aliphatic hydroxyl groups excluding tert-OH is 1. The van der Waals surface area contributed by atoms with E-state index in [0.29, 0.717) is 22.6 Å². The van der Waals surface area contributed by atoms with Crippen molar-refractivity contribution in [3.63, 3.8) is 0 Å².